The first kappa shape index (κ1) is 9.98. The Morgan fingerprint density at radius 3 is 2.38 bits per heavy atom. The molecular formula is C9H6N2S2. The quantitative estimate of drug-likeness (QED) is 0.551. The molecule has 1 aromatic carbocycles. The van der Waals surface area contributed by atoms with Crippen molar-refractivity contribution in [1.82, 2.24) is 0 Å². The lowest BCUT2D eigenvalue weighted by atomic mass is 10.2. The van der Waals surface area contributed by atoms with E-state index in [1.165, 1.54) is 0 Å². The van der Waals surface area contributed by atoms with Crippen LogP contribution < -0.4 is 0 Å². The van der Waals surface area contributed by atoms with Gasteiger partial charge in [0.2, 0.25) is 0 Å². The molecule has 0 radical (unpaired) electrons. The zero-order valence-corrected chi connectivity index (χ0v) is 8.58. The predicted octanol–water partition coefficient (Wildman–Crippen LogP) is 3.14. The van der Waals surface area contributed by atoms with Gasteiger partial charge in [0.25, 0.3) is 0 Å². The van der Waals surface area contributed by atoms with Crippen LogP contribution in [0.4, 0.5) is 0 Å². The predicted molar refractivity (Wildman–Crippen MR) is 54.1 cm³/mol. The summed E-state index contributed by atoms with van der Waals surface area (Å²) >= 11 is 2.27. The highest BCUT2D eigenvalue weighted by Crippen LogP contribution is 2.26. The molecular weight excluding hydrogens is 200 g/mol. The maximum atomic E-state index is 8.47. The van der Waals surface area contributed by atoms with Crippen LogP contribution in [0.5, 0.6) is 0 Å². The third kappa shape index (κ3) is 2.69. The topological polar surface area (TPSA) is 47.6 Å². The van der Waals surface area contributed by atoms with Crippen molar-refractivity contribution >= 4 is 23.5 Å². The molecule has 0 atom stereocenters. The Balaban J connectivity index is 2.94. The Morgan fingerprint density at radius 2 is 1.85 bits per heavy atom. The van der Waals surface area contributed by atoms with Gasteiger partial charge in [-0.2, -0.15) is 10.5 Å². The minimum atomic E-state index is 0.919. The number of benzene rings is 1. The highest BCUT2D eigenvalue weighted by atomic mass is 32.2. The fraction of sp³-hybridized carbons (Fsp3) is 0.111. The normalized spacial score (nSPS) is 8.85. The molecule has 0 N–H and O–H groups in total. The molecule has 0 heterocycles. The second-order valence-electron chi connectivity index (χ2n) is 2.31. The smallest absolute Gasteiger partial charge is 0.138 e. The number of nitriles is 2. The van der Waals surface area contributed by atoms with E-state index < -0.39 is 0 Å². The van der Waals surface area contributed by atoms with E-state index in [-0.39, 0.29) is 0 Å². The van der Waals surface area contributed by atoms with Crippen LogP contribution in [0.3, 0.4) is 0 Å². The van der Waals surface area contributed by atoms with Crippen LogP contribution in [-0.2, 0) is 0 Å². The summed E-state index contributed by atoms with van der Waals surface area (Å²) < 4.78 is 0. The molecule has 0 amide bonds. The molecule has 1 aromatic rings. The van der Waals surface area contributed by atoms with Crippen LogP contribution >= 0.6 is 23.5 Å². The summed E-state index contributed by atoms with van der Waals surface area (Å²) in [4.78, 5) is 1.87. The second kappa shape index (κ2) is 4.81. The largest absolute Gasteiger partial charge is 0.185 e. The lowest BCUT2D eigenvalue weighted by Gasteiger charge is -2.00. The van der Waals surface area contributed by atoms with E-state index >= 15 is 0 Å². The van der Waals surface area contributed by atoms with E-state index in [0.29, 0.717) is 0 Å². The van der Waals surface area contributed by atoms with Crippen LogP contribution in [0.1, 0.15) is 5.56 Å². The summed E-state index contributed by atoms with van der Waals surface area (Å²) in [7, 11) is 0. The summed E-state index contributed by atoms with van der Waals surface area (Å²) in [5.41, 5.74) is 1.03. The molecule has 0 aliphatic carbocycles. The van der Waals surface area contributed by atoms with Crippen molar-refractivity contribution < 1.29 is 0 Å². The van der Waals surface area contributed by atoms with Crippen LogP contribution in [0.15, 0.2) is 28.0 Å². The number of rotatable bonds is 2. The second-order valence-corrected chi connectivity index (χ2v) is 4.00. The molecule has 4 heteroatoms. The van der Waals surface area contributed by atoms with Crippen molar-refractivity contribution in [2.24, 2.45) is 0 Å². The Labute approximate surface area is 85.6 Å². The minimum absolute atomic E-state index is 0.919. The fourth-order valence-corrected chi connectivity index (χ4v) is 1.83. The van der Waals surface area contributed by atoms with E-state index in [9.17, 15) is 0 Å². The maximum absolute atomic E-state index is 8.47. The average molecular weight is 206 g/mol. The molecule has 64 valence electrons. The molecule has 1 rings (SSSR count). The van der Waals surface area contributed by atoms with E-state index in [4.69, 9.17) is 10.5 Å². The van der Waals surface area contributed by atoms with Gasteiger partial charge < -0.3 is 0 Å². The van der Waals surface area contributed by atoms with Crippen molar-refractivity contribution in [2.75, 3.05) is 0 Å². The summed E-state index contributed by atoms with van der Waals surface area (Å²) in [6.45, 7) is 1.93. The van der Waals surface area contributed by atoms with Gasteiger partial charge in [0, 0.05) is 9.79 Å². The maximum Gasteiger partial charge on any atom is 0.138 e. The minimum Gasteiger partial charge on any atom is -0.185 e. The molecule has 2 nitrogen and oxygen atoms in total. The Morgan fingerprint density at radius 1 is 1.15 bits per heavy atom. The summed E-state index contributed by atoms with van der Waals surface area (Å²) in [6.07, 6.45) is 0. The van der Waals surface area contributed by atoms with Crippen molar-refractivity contribution in [3.8, 4) is 10.8 Å². The molecule has 0 bridgehead atoms. The van der Waals surface area contributed by atoms with Gasteiger partial charge in [0.1, 0.15) is 10.8 Å². The number of nitrogens with zero attached hydrogens (tertiary/aromatic N) is 2. The zero-order valence-electron chi connectivity index (χ0n) is 6.94. The standard InChI is InChI=1S/C9H6N2S2/c1-7-4-8(12-5-10)2-3-9(7)13-6-11/h2-4H,1H3. The average Bonchev–Trinajstić information content (AvgIpc) is 2.10. The Kier molecular flexibility index (Phi) is 3.70. The number of thioether (sulfide) groups is 2. The van der Waals surface area contributed by atoms with Crippen LogP contribution in [-0.4, -0.2) is 0 Å². The van der Waals surface area contributed by atoms with Crippen LogP contribution in [0, 0.1) is 28.3 Å². The van der Waals surface area contributed by atoms with E-state index in [0.717, 1.165) is 38.9 Å². The highest BCUT2D eigenvalue weighted by molar-refractivity contribution is 8.04. The number of aryl methyl sites for hydroxylation is 1. The molecule has 0 aliphatic heterocycles. The van der Waals surface area contributed by atoms with E-state index in [2.05, 4.69) is 0 Å². The summed E-state index contributed by atoms with van der Waals surface area (Å²) in [5, 5.41) is 20.9. The fourth-order valence-electron chi connectivity index (χ4n) is 0.902. The van der Waals surface area contributed by atoms with Gasteiger partial charge >= 0.3 is 0 Å². The molecule has 0 saturated heterocycles. The molecule has 0 spiro atoms. The van der Waals surface area contributed by atoms with Gasteiger partial charge in [0.05, 0.1) is 0 Å². The number of thiocyanates is 2. The molecule has 0 aromatic heterocycles. The van der Waals surface area contributed by atoms with Crippen molar-refractivity contribution in [2.45, 2.75) is 16.7 Å². The lowest BCUT2D eigenvalue weighted by molar-refractivity contribution is 1.25. The SMILES string of the molecule is Cc1cc(SC#N)ccc1SC#N. The third-order valence-electron chi connectivity index (χ3n) is 1.47. The molecule has 0 unspecified atom stereocenters. The monoisotopic (exact) mass is 206 g/mol. The molecule has 0 aliphatic rings. The number of hydrogen-bond donors (Lipinski definition) is 0. The molecule has 0 saturated carbocycles. The number of hydrogen-bond acceptors (Lipinski definition) is 4. The van der Waals surface area contributed by atoms with Gasteiger partial charge in [-0.1, -0.05) is 0 Å². The Bertz CT molecular complexity index is 388. The first-order chi connectivity index (χ1) is 6.27. The molecule has 0 fully saturated rings. The van der Waals surface area contributed by atoms with Gasteiger partial charge in [-0.25, -0.2) is 0 Å². The first-order valence-electron chi connectivity index (χ1n) is 3.50. The van der Waals surface area contributed by atoms with Gasteiger partial charge in [-0.15, -0.1) is 0 Å². The zero-order chi connectivity index (χ0) is 9.68. The summed E-state index contributed by atoms with van der Waals surface area (Å²) in [6, 6.07) is 5.62. The van der Waals surface area contributed by atoms with Crippen molar-refractivity contribution in [3.63, 3.8) is 0 Å². The lowest BCUT2D eigenvalue weighted by Crippen LogP contribution is -1.78. The van der Waals surface area contributed by atoms with Crippen molar-refractivity contribution in [1.29, 1.82) is 10.5 Å². The van der Waals surface area contributed by atoms with Crippen LogP contribution in [0.25, 0.3) is 0 Å². The van der Waals surface area contributed by atoms with E-state index in [1.54, 1.807) is 0 Å². The highest BCUT2D eigenvalue weighted by Gasteiger charge is 2.00. The van der Waals surface area contributed by atoms with E-state index in [1.807, 2.05) is 35.9 Å². The summed E-state index contributed by atoms with van der Waals surface area (Å²) in [5.74, 6) is 0. The first-order valence-corrected chi connectivity index (χ1v) is 5.13. The van der Waals surface area contributed by atoms with Gasteiger partial charge in [0.15, 0.2) is 0 Å². The van der Waals surface area contributed by atoms with Gasteiger partial charge in [-0.05, 0) is 54.2 Å². The molecule has 13 heavy (non-hydrogen) atoms. The third-order valence-corrected chi connectivity index (χ3v) is 2.82. The van der Waals surface area contributed by atoms with Gasteiger partial charge in [-0.3, -0.25) is 0 Å². The Hall–Kier alpha value is -1.10. The van der Waals surface area contributed by atoms with Crippen molar-refractivity contribution in [3.05, 3.63) is 23.8 Å². The van der Waals surface area contributed by atoms with Crippen LogP contribution in [0.2, 0.25) is 0 Å².